The zero-order chi connectivity index (χ0) is 11.4. The second-order valence-electron chi connectivity index (χ2n) is 3.62. The maximum absolute atomic E-state index is 13.5. The van der Waals surface area contributed by atoms with Gasteiger partial charge in [-0.1, -0.05) is 18.2 Å². The van der Waals surface area contributed by atoms with Gasteiger partial charge in [0, 0.05) is 23.6 Å². The van der Waals surface area contributed by atoms with Gasteiger partial charge < -0.3 is 5.32 Å². The lowest BCUT2D eigenvalue weighted by Gasteiger charge is -2.15. The Balaban J connectivity index is 2.15. The number of nitrogens with zero attached hydrogens (tertiary/aromatic N) is 1. The maximum Gasteiger partial charge on any atom is 0.128 e. The molecule has 0 aliphatic heterocycles. The highest BCUT2D eigenvalue weighted by Crippen LogP contribution is 2.20. The number of hydrogen-bond donors (Lipinski definition) is 1. The van der Waals surface area contributed by atoms with Crippen molar-refractivity contribution in [3.63, 3.8) is 0 Å². The lowest BCUT2D eigenvalue weighted by molar-refractivity contribution is 0.600. The molecule has 0 unspecified atom stereocenters. The molecule has 2 aromatic rings. The topological polar surface area (TPSA) is 24.9 Å². The van der Waals surface area contributed by atoms with Crippen molar-refractivity contribution in [2.75, 3.05) is 5.32 Å². The van der Waals surface area contributed by atoms with Crippen molar-refractivity contribution >= 4 is 5.69 Å². The van der Waals surface area contributed by atoms with Crippen LogP contribution in [0.15, 0.2) is 48.8 Å². The molecule has 0 radical (unpaired) electrons. The van der Waals surface area contributed by atoms with Crippen molar-refractivity contribution in [3.8, 4) is 0 Å². The summed E-state index contributed by atoms with van der Waals surface area (Å²) in [7, 11) is 0. The number of benzene rings is 1. The summed E-state index contributed by atoms with van der Waals surface area (Å²) < 4.78 is 13.5. The second-order valence-corrected chi connectivity index (χ2v) is 3.62. The van der Waals surface area contributed by atoms with Crippen LogP contribution in [-0.4, -0.2) is 4.98 Å². The molecular weight excluding hydrogens is 203 g/mol. The van der Waals surface area contributed by atoms with Gasteiger partial charge in [-0.15, -0.1) is 0 Å². The van der Waals surface area contributed by atoms with Gasteiger partial charge >= 0.3 is 0 Å². The highest BCUT2D eigenvalue weighted by molar-refractivity contribution is 5.43. The molecule has 0 bridgehead atoms. The van der Waals surface area contributed by atoms with E-state index in [-0.39, 0.29) is 11.9 Å². The van der Waals surface area contributed by atoms with Crippen LogP contribution in [0.2, 0.25) is 0 Å². The third-order valence-corrected chi connectivity index (χ3v) is 2.44. The SMILES string of the molecule is C[C@@H](Nc1ccncc1)c1ccccc1F. The molecule has 1 heterocycles. The first-order valence-corrected chi connectivity index (χ1v) is 5.18. The van der Waals surface area contributed by atoms with Crippen LogP contribution >= 0.6 is 0 Å². The number of halogens is 1. The fraction of sp³-hybridized carbons (Fsp3) is 0.154. The molecule has 0 saturated heterocycles. The third-order valence-electron chi connectivity index (χ3n) is 2.44. The van der Waals surface area contributed by atoms with Crippen molar-refractivity contribution in [2.45, 2.75) is 13.0 Å². The number of aromatic nitrogens is 1. The van der Waals surface area contributed by atoms with Crippen LogP contribution in [-0.2, 0) is 0 Å². The zero-order valence-corrected chi connectivity index (χ0v) is 9.02. The minimum atomic E-state index is -0.184. The van der Waals surface area contributed by atoms with Gasteiger partial charge in [0.1, 0.15) is 5.82 Å². The molecule has 1 aromatic heterocycles. The predicted molar refractivity (Wildman–Crippen MR) is 62.7 cm³/mol. The van der Waals surface area contributed by atoms with Crippen molar-refractivity contribution in [1.29, 1.82) is 0 Å². The standard InChI is InChI=1S/C13H13FN2/c1-10(12-4-2-3-5-13(12)14)16-11-6-8-15-9-7-11/h2-10H,1H3,(H,15,16)/t10-/m1/s1. The molecular formula is C13H13FN2. The first-order valence-electron chi connectivity index (χ1n) is 5.18. The number of hydrogen-bond acceptors (Lipinski definition) is 2. The highest BCUT2D eigenvalue weighted by Gasteiger charge is 2.09. The Hall–Kier alpha value is -1.90. The summed E-state index contributed by atoms with van der Waals surface area (Å²) in [5, 5.41) is 3.22. The molecule has 0 spiro atoms. The second kappa shape index (κ2) is 4.75. The van der Waals surface area contributed by atoms with Crippen LogP contribution < -0.4 is 5.32 Å². The summed E-state index contributed by atoms with van der Waals surface area (Å²) in [6.07, 6.45) is 3.41. The quantitative estimate of drug-likeness (QED) is 0.850. The molecule has 0 aliphatic carbocycles. The number of nitrogens with one attached hydrogen (secondary N) is 1. The lowest BCUT2D eigenvalue weighted by atomic mass is 10.1. The molecule has 16 heavy (non-hydrogen) atoms. The van der Waals surface area contributed by atoms with E-state index in [1.165, 1.54) is 6.07 Å². The van der Waals surface area contributed by atoms with Gasteiger partial charge in [-0.2, -0.15) is 0 Å². The van der Waals surface area contributed by atoms with Crippen LogP contribution in [0.3, 0.4) is 0 Å². The molecule has 0 saturated carbocycles. The van der Waals surface area contributed by atoms with Crippen molar-refractivity contribution in [1.82, 2.24) is 4.98 Å². The highest BCUT2D eigenvalue weighted by atomic mass is 19.1. The van der Waals surface area contributed by atoms with E-state index in [1.807, 2.05) is 25.1 Å². The Morgan fingerprint density at radius 3 is 2.50 bits per heavy atom. The van der Waals surface area contributed by atoms with Gasteiger partial charge in [-0.05, 0) is 25.1 Å². The number of rotatable bonds is 3. The van der Waals surface area contributed by atoms with Crippen LogP contribution in [0.25, 0.3) is 0 Å². The fourth-order valence-corrected chi connectivity index (χ4v) is 1.60. The summed E-state index contributed by atoms with van der Waals surface area (Å²) in [4.78, 5) is 3.93. The van der Waals surface area contributed by atoms with E-state index < -0.39 is 0 Å². The Labute approximate surface area is 94.2 Å². The maximum atomic E-state index is 13.5. The molecule has 1 atom stereocenters. The molecule has 0 fully saturated rings. The number of anilines is 1. The lowest BCUT2D eigenvalue weighted by Crippen LogP contribution is -2.08. The van der Waals surface area contributed by atoms with Gasteiger partial charge in [0.15, 0.2) is 0 Å². The van der Waals surface area contributed by atoms with E-state index in [2.05, 4.69) is 10.3 Å². The Bertz CT molecular complexity index is 456. The minimum Gasteiger partial charge on any atom is -0.378 e. The fourth-order valence-electron chi connectivity index (χ4n) is 1.60. The van der Waals surface area contributed by atoms with Crippen molar-refractivity contribution in [3.05, 3.63) is 60.2 Å². The van der Waals surface area contributed by atoms with E-state index in [4.69, 9.17) is 0 Å². The molecule has 2 rings (SSSR count). The van der Waals surface area contributed by atoms with Crippen LogP contribution in [0.5, 0.6) is 0 Å². The van der Waals surface area contributed by atoms with Crippen LogP contribution in [0, 0.1) is 5.82 Å². The molecule has 0 amide bonds. The van der Waals surface area contributed by atoms with E-state index in [1.54, 1.807) is 24.5 Å². The molecule has 3 heteroatoms. The van der Waals surface area contributed by atoms with Gasteiger partial charge in [-0.25, -0.2) is 4.39 Å². The van der Waals surface area contributed by atoms with Gasteiger partial charge in [0.05, 0.1) is 6.04 Å². The average molecular weight is 216 g/mol. The minimum absolute atomic E-state index is 0.0661. The molecule has 82 valence electrons. The Morgan fingerprint density at radius 2 is 1.81 bits per heavy atom. The van der Waals surface area contributed by atoms with Crippen molar-refractivity contribution in [2.24, 2.45) is 0 Å². The monoisotopic (exact) mass is 216 g/mol. The summed E-state index contributed by atoms with van der Waals surface area (Å²) in [5.74, 6) is -0.184. The van der Waals surface area contributed by atoms with Crippen LogP contribution in [0.1, 0.15) is 18.5 Å². The summed E-state index contributed by atoms with van der Waals surface area (Å²) in [5.41, 5.74) is 1.60. The summed E-state index contributed by atoms with van der Waals surface area (Å²) >= 11 is 0. The molecule has 0 aliphatic rings. The normalized spacial score (nSPS) is 12.1. The van der Waals surface area contributed by atoms with Gasteiger partial charge in [-0.3, -0.25) is 4.98 Å². The molecule has 1 N–H and O–H groups in total. The van der Waals surface area contributed by atoms with Gasteiger partial charge in [0.2, 0.25) is 0 Å². The predicted octanol–water partition coefficient (Wildman–Crippen LogP) is 3.39. The van der Waals surface area contributed by atoms with Gasteiger partial charge in [0.25, 0.3) is 0 Å². The van der Waals surface area contributed by atoms with E-state index in [9.17, 15) is 4.39 Å². The van der Waals surface area contributed by atoms with Crippen LogP contribution in [0.4, 0.5) is 10.1 Å². The van der Waals surface area contributed by atoms with Crippen molar-refractivity contribution < 1.29 is 4.39 Å². The zero-order valence-electron chi connectivity index (χ0n) is 9.02. The Kier molecular flexibility index (Phi) is 3.15. The Morgan fingerprint density at radius 1 is 1.12 bits per heavy atom. The summed E-state index contributed by atoms with van der Waals surface area (Å²) in [6, 6.07) is 10.4. The number of pyridine rings is 1. The molecule has 1 aromatic carbocycles. The van der Waals surface area contributed by atoms with E-state index >= 15 is 0 Å². The average Bonchev–Trinajstić information content (AvgIpc) is 2.31. The first-order chi connectivity index (χ1) is 7.77. The third kappa shape index (κ3) is 2.37. The largest absolute Gasteiger partial charge is 0.378 e. The molecule has 2 nitrogen and oxygen atoms in total. The first kappa shape index (κ1) is 10.6. The van der Waals surface area contributed by atoms with E-state index in [0.29, 0.717) is 5.56 Å². The smallest absolute Gasteiger partial charge is 0.128 e. The summed E-state index contributed by atoms with van der Waals surface area (Å²) in [6.45, 7) is 1.93. The van der Waals surface area contributed by atoms with E-state index in [0.717, 1.165) is 5.69 Å².